The summed E-state index contributed by atoms with van der Waals surface area (Å²) >= 11 is 3.42. The number of aromatic amines is 1. The first-order chi connectivity index (χ1) is 13.9. The molecule has 1 aromatic carbocycles. The number of amides is 1. The molecular formula is C20H24BrN3O5. The first-order valence-electron chi connectivity index (χ1n) is 9.51. The number of esters is 2. The molecule has 0 saturated carbocycles. The van der Waals surface area contributed by atoms with E-state index in [1.807, 2.05) is 23.1 Å². The lowest BCUT2D eigenvalue weighted by Gasteiger charge is -2.30. The summed E-state index contributed by atoms with van der Waals surface area (Å²) in [6.07, 6.45) is 1.33. The maximum absolute atomic E-state index is 12.7. The number of ether oxygens (including phenoxy) is 2. The third kappa shape index (κ3) is 4.97. The SMILES string of the molecule is CCOC(=O)C1CCN(CC(=O)Nc2c(C(=O)OC)[nH]c3ccc(Br)cc23)CC1. The number of carbonyl (C=O) groups is 3. The number of carbonyl (C=O) groups excluding carboxylic acids is 3. The van der Waals surface area contributed by atoms with Gasteiger partial charge in [-0.1, -0.05) is 15.9 Å². The van der Waals surface area contributed by atoms with Crippen LogP contribution in [0.15, 0.2) is 22.7 Å². The number of aromatic nitrogens is 1. The van der Waals surface area contributed by atoms with Gasteiger partial charge in [-0.25, -0.2) is 4.79 Å². The van der Waals surface area contributed by atoms with E-state index >= 15 is 0 Å². The van der Waals surface area contributed by atoms with Gasteiger partial charge in [0.05, 0.1) is 31.9 Å². The number of likely N-dealkylation sites (tertiary alicyclic amines) is 1. The van der Waals surface area contributed by atoms with Crippen LogP contribution in [0, 0.1) is 5.92 Å². The molecule has 3 rings (SSSR count). The number of methoxy groups -OCH3 is 1. The summed E-state index contributed by atoms with van der Waals surface area (Å²) in [5.74, 6) is -1.05. The summed E-state index contributed by atoms with van der Waals surface area (Å²) in [5, 5.41) is 3.57. The molecule has 1 fully saturated rings. The predicted molar refractivity (Wildman–Crippen MR) is 112 cm³/mol. The molecule has 1 amide bonds. The second-order valence-electron chi connectivity index (χ2n) is 6.91. The minimum Gasteiger partial charge on any atom is -0.466 e. The van der Waals surface area contributed by atoms with Crippen LogP contribution in [0.5, 0.6) is 0 Å². The Morgan fingerprint density at radius 1 is 1.28 bits per heavy atom. The summed E-state index contributed by atoms with van der Waals surface area (Å²) in [7, 11) is 1.29. The van der Waals surface area contributed by atoms with Gasteiger partial charge in [0.15, 0.2) is 0 Å². The van der Waals surface area contributed by atoms with Crippen molar-refractivity contribution in [3.05, 3.63) is 28.4 Å². The van der Waals surface area contributed by atoms with E-state index < -0.39 is 5.97 Å². The second-order valence-corrected chi connectivity index (χ2v) is 7.82. The van der Waals surface area contributed by atoms with E-state index in [2.05, 4.69) is 26.2 Å². The van der Waals surface area contributed by atoms with Crippen LogP contribution in [0.25, 0.3) is 10.9 Å². The number of nitrogens with zero attached hydrogens (tertiary/aromatic N) is 1. The number of hydrogen-bond donors (Lipinski definition) is 2. The van der Waals surface area contributed by atoms with Crippen LogP contribution in [0.2, 0.25) is 0 Å². The average molecular weight is 466 g/mol. The van der Waals surface area contributed by atoms with Crippen LogP contribution in [0.1, 0.15) is 30.3 Å². The number of H-pyrrole nitrogens is 1. The van der Waals surface area contributed by atoms with Gasteiger partial charge in [-0.15, -0.1) is 0 Å². The average Bonchev–Trinajstić information content (AvgIpc) is 3.05. The standard InChI is InChI=1S/C20H24BrN3O5/c1-3-29-19(26)12-6-8-24(9-7-12)11-16(25)23-17-14-10-13(21)4-5-15(14)22-18(17)20(27)28-2/h4-5,10,12,22H,3,6-9,11H2,1-2H3,(H,23,25). The van der Waals surface area contributed by atoms with Crippen LogP contribution < -0.4 is 5.32 Å². The van der Waals surface area contributed by atoms with Gasteiger partial charge < -0.3 is 19.8 Å². The summed E-state index contributed by atoms with van der Waals surface area (Å²) in [4.78, 5) is 41.7. The molecule has 2 heterocycles. The van der Waals surface area contributed by atoms with Gasteiger partial charge >= 0.3 is 11.9 Å². The summed E-state index contributed by atoms with van der Waals surface area (Å²) in [6.45, 7) is 3.63. The molecular weight excluding hydrogens is 442 g/mol. The number of halogens is 1. The Morgan fingerprint density at radius 2 is 2.00 bits per heavy atom. The molecule has 0 atom stereocenters. The van der Waals surface area contributed by atoms with E-state index in [0.717, 1.165) is 9.99 Å². The highest BCUT2D eigenvalue weighted by Crippen LogP contribution is 2.31. The molecule has 0 radical (unpaired) electrons. The molecule has 2 aromatic rings. The fraction of sp³-hybridized carbons (Fsp3) is 0.450. The first-order valence-corrected chi connectivity index (χ1v) is 10.3. The van der Waals surface area contributed by atoms with Crippen molar-refractivity contribution in [2.45, 2.75) is 19.8 Å². The van der Waals surface area contributed by atoms with E-state index in [0.29, 0.717) is 43.6 Å². The molecule has 1 saturated heterocycles. The van der Waals surface area contributed by atoms with Crippen LogP contribution in [-0.2, 0) is 19.1 Å². The molecule has 1 aliphatic rings. The zero-order valence-electron chi connectivity index (χ0n) is 16.4. The number of rotatable bonds is 6. The van der Waals surface area contributed by atoms with E-state index in [1.165, 1.54) is 7.11 Å². The van der Waals surface area contributed by atoms with Crippen molar-refractivity contribution in [3.8, 4) is 0 Å². The summed E-state index contributed by atoms with van der Waals surface area (Å²) in [5.41, 5.74) is 1.33. The highest BCUT2D eigenvalue weighted by Gasteiger charge is 2.27. The Balaban J connectivity index is 1.68. The zero-order chi connectivity index (χ0) is 21.0. The van der Waals surface area contributed by atoms with Gasteiger partial charge in [0.1, 0.15) is 5.69 Å². The van der Waals surface area contributed by atoms with Gasteiger partial charge in [0.2, 0.25) is 5.91 Å². The van der Waals surface area contributed by atoms with E-state index in [1.54, 1.807) is 6.92 Å². The Bertz CT molecular complexity index is 918. The number of anilines is 1. The van der Waals surface area contributed by atoms with Gasteiger partial charge in [0.25, 0.3) is 0 Å². The van der Waals surface area contributed by atoms with Crippen molar-refractivity contribution in [1.29, 1.82) is 0 Å². The third-order valence-corrected chi connectivity index (χ3v) is 5.48. The number of benzene rings is 1. The van der Waals surface area contributed by atoms with Crippen molar-refractivity contribution in [2.24, 2.45) is 5.92 Å². The van der Waals surface area contributed by atoms with Gasteiger partial charge in [0, 0.05) is 15.4 Å². The lowest BCUT2D eigenvalue weighted by atomic mass is 9.97. The number of fused-ring (bicyclic) bond motifs is 1. The molecule has 9 heteroatoms. The van der Waals surface area contributed by atoms with Gasteiger partial charge in [-0.05, 0) is 51.1 Å². The molecule has 156 valence electrons. The predicted octanol–water partition coefficient (Wildman–Crippen LogP) is 2.93. The molecule has 0 aliphatic carbocycles. The monoisotopic (exact) mass is 465 g/mol. The van der Waals surface area contributed by atoms with Crippen molar-refractivity contribution < 1.29 is 23.9 Å². The van der Waals surface area contributed by atoms with Gasteiger partial charge in [-0.3, -0.25) is 14.5 Å². The summed E-state index contributed by atoms with van der Waals surface area (Å²) in [6, 6.07) is 5.50. The largest absolute Gasteiger partial charge is 0.466 e. The van der Waals surface area contributed by atoms with E-state index in [-0.39, 0.29) is 30.0 Å². The number of piperidine rings is 1. The molecule has 1 aliphatic heterocycles. The lowest BCUT2D eigenvalue weighted by Crippen LogP contribution is -2.41. The van der Waals surface area contributed by atoms with Crippen molar-refractivity contribution in [3.63, 3.8) is 0 Å². The molecule has 2 N–H and O–H groups in total. The van der Waals surface area contributed by atoms with Crippen molar-refractivity contribution in [2.75, 3.05) is 38.7 Å². The van der Waals surface area contributed by atoms with Crippen molar-refractivity contribution in [1.82, 2.24) is 9.88 Å². The Morgan fingerprint density at radius 3 is 2.66 bits per heavy atom. The molecule has 0 spiro atoms. The number of nitrogens with one attached hydrogen (secondary N) is 2. The zero-order valence-corrected chi connectivity index (χ0v) is 18.0. The maximum Gasteiger partial charge on any atom is 0.356 e. The Kier molecular flexibility index (Phi) is 6.92. The molecule has 29 heavy (non-hydrogen) atoms. The smallest absolute Gasteiger partial charge is 0.356 e. The van der Waals surface area contributed by atoms with Crippen LogP contribution >= 0.6 is 15.9 Å². The van der Waals surface area contributed by atoms with Crippen LogP contribution in [-0.4, -0.2) is 61.1 Å². The topological polar surface area (TPSA) is 101 Å². The second kappa shape index (κ2) is 9.41. The maximum atomic E-state index is 12.7. The molecule has 8 nitrogen and oxygen atoms in total. The minimum absolute atomic E-state index is 0.105. The Hall–Kier alpha value is -2.39. The van der Waals surface area contributed by atoms with Crippen LogP contribution in [0.3, 0.4) is 0 Å². The highest BCUT2D eigenvalue weighted by atomic mass is 79.9. The quantitative estimate of drug-likeness (QED) is 0.636. The van der Waals surface area contributed by atoms with E-state index in [4.69, 9.17) is 9.47 Å². The van der Waals surface area contributed by atoms with Gasteiger partial charge in [-0.2, -0.15) is 0 Å². The molecule has 0 unspecified atom stereocenters. The first kappa shape index (κ1) is 21.3. The third-order valence-electron chi connectivity index (χ3n) is 4.99. The Labute approximate surface area is 177 Å². The van der Waals surface area contributed by atoms with E-state index in [9.17, 15) is 14.4 Å². The number of hydrogen-bond acceptors (Lipinski definition) is 6. The van der Waals surface area contributed by atoms with Crippen LogP contribution in [0.4, 0.5) is 5.69 Å². The molecule has 1 aromatic heterocycles. The summed E-state index contributed by atoms with van der Waals surface area (Å²) < 4.78 is 10.7. The normalized spacial score (nSPS) is 15.3. The lowest BCUT2D eigenvalue weighted by molar-refractivity contribution is -0.149. The van der Waals surface area contributed by atoms with Crippen molar-refractivity contribution >= 4 is 50.4 Å². The minimum atomic E-state index is -0.553. The fourth-order valence-electron chi connectivity index (χ4n) is 3.52. The fourth-order valence-corrected chi connectivity index (χ4v) is 3.88. The highest BCUT2D eigenvalue weighted by molar-refractivity contribution is 9.10. The molecule has 0 bridgehead atoms.